The van der Waals surface area contributed by atoms with Crippen LogP contribution in [0.2, 0.25) is 0 Å². The molecule has 1 aliphatic heterocycles. The fourth-order valence-electron chi connectivity index (χ4n) is 2.68. The standard InChI is InChI=1S/C16H20N2O4/c1-11(14(20)21)17-15(22)16(2)9-6-10-18(16)13(19)12-7-4-3-5-8-12/h3-5,7-8,11H,6,9-10H2,1-2H3,(H,17,22)(H,20,21)/t11-,16?/m1/s1. The maximum Gasteiger partial charge on any atom is 0.325 e. The zero-order valence-electron chi connectivity index (χ0n) is 12.7. The Morgan fingerprint density at radius 1 is 1.27 bits per heavy atom. The first-order valence-corrected chi connectivity index (χ1v) is 7.27. The zero-order chi connectivity index (χ0) is 16.3. The predicted molar refractivity (Wildman–Crippen MR) is 80.4 cm³/mol. The summed E-state index contributed by atoms with van der Waals surface area (Å²) in [6, 6.07) is 7.79. The average Bonchev–Trinajstić information content (AvgIpc) is 2.90. The van der Waals surface area contributed by atoms with Gasteiger partial charge in [-0.05, 0) is 38.8 Å². The summed E-state index contributed by atoms with van der Waals surface area (Å²) in [6.07, 6.45) is 1.23. The first kappa shape index (κ1) is 16.0. The number of benzene rings is 1. The smallest absolute Gasteiger partial charge is 0.325 e. The number of carbonyl (C=O) groups excluding carboxylic acids is 2. The minimum atomic E-state index is -1.10. The zero-order valence-corrected chi connectivity index (χ0v) is 12.7. The third-order valence-electron chi connectivity index (χ3n) is 4.11. The van der Waals surface area contributed by atoms with Gasteiger partial charge in [0.25, 0.3) is 5.91 Å². The predicted octanol–water partition coefficient (Wildman–Crippen LogP) is 1.27. The molecule has 2 atom stereocenters. The van der Waals surface area contributed by atoms with Gasteiger partial charge in [0.2, 0.25) is 5.91 Å². The van der Waals surface area contributed by atoms with Gasteiger partial charge >= 0.3 is 5.97 Å². The molecule has 1 heterocycles. The third-order valence-corrected chi connectivity index (χ3v) is 4.11. The van der Waals surface area contributed by atoms with Crippen LogP contribution in [0, 0.1) is 0 Å². The van der Waals surface area contributed by atoms with Crippen molar-refractivity contribution in [3.8, 4) is 0 Å². The molecule has 0 aromatic heterocycles. The van der Waals surface area contributed by atoms with E-state index >= 15 is 0 Å². The van der Waals surface area contributed by atoms with E-state index in [0.29, 0.717) is 24.9 Å². The average molecular weight is 304 g/mol. The van der Waals surface area contributed by atoms with Crippen molar-refractivity contribution in [2.24, 2.45) is 0 Å². The number of hydrogen-bond donors (Lipinski definition) is 2. The van der Waals surface area contributed by atoms with Gasteiger partial charge in [0.1, 0.15) is 11.6 Å². The Labute approximate surface area is 129 Å². The highest BCUT2D eigenvalue weighted by Crippen LogP contribution is 2.31. The molecule has 1 fully saturated rings. The molecule has 2 N–H and O–H groups in total. The first-order valence-electron chi connectivity index (χ1n) is 7.27. The second-order valence-corrected chi connectivity index (χ2v) is 5.73. The normalized spacial score (nSPS) is 22.2. The molecule has 0 saturated carbocycles. The van der Waals surface area contributed by atoms with Gasteiger partial charge < -0.3 is 15.3 Å². The van der Waals surface area contributed by atoms with E-state index in [0.717, 1.165) is 0 Å². The summed E-state index contributed by atoms with van der Waals surface area (Å²) >= 11 is 0. The molecule has 0 bridgehead atoms. The molecule has 1 unspecified atom stereocenters. The van der Waals surface area contributed by atoms with Gasteiger partial charge in [-0.25, -0.2) is 0 Å². The molecule has 0 radical (unpaired) electrons. The number of amides is 2. The fourth-order valence-corrected chi connectivity index (χ4v) is 2.68. The topological polar surface area (TPSA) is 86.7 Å². The summed E-state index contributed by atoms with van der Waals surface area (Å²) < 4.78 is 0. The van der Waals surface area contributed by atoms with Crippen LogP contribution in [0.25, 0.3) is 0 Å². The minimum Gasteiger partial charge on any atom is -0.480 e. The van der Waals surface area contributed by atoms with Gasteiger partial charge in [-0.15, -0.1) is 0 Å². The van der Waals surface area contributed by atoms with Crippen molar-refractivity contribution >= 4 is 17.8 Å². The monoisotopic (exact) mass is 304 g/mol. The second kappa shape index (κ2) is 6.17. The molecular weight excluding hydrogens is 284 g/mol. The lowest BCUT2D eigenvalue weighted by molar-refractivity contribution is -0.143. The van der Waals surface area contributed by atoms with E-state index in [2.05, 4.69) is 5.32 Å². The summed E-state index contributed by atoms with van der Waals surface area (Å²) in [7, 11) is 0. The lowest BCUT2D eigenvalue weighted by Gasteiger charge is -2.34. The number of hydrogen-bond acceptors (Lipinski definition) is 3. The Hall–Kier alpha value is -2.37. The number of aliphatic carboxylic acids is 1. The second-order valence-electron chi connectivity index (χ2n) is 5.73. The number of carboxylic acid groups (broad SMARTS) is 1. The number of carbonyl (C=O) groups is 3. The summed E-state index contributed by atoms with van der Waals surface area (Å²) in [5, 5.41) is 11.4. The van der Waals surface area contributed by atoms with Gasteiger partial charge in [-0.1, -0.05) is 18.2 Å². The Bertz CT molecular complexity index is 587. The summed E-state index contributed by atoms with van der Waals surface area (Å²) in [5.41, 5.74) is -0.494. The molecule has 1 aliphatic rings. The molecule has 0 aliphatic carbocycles. The Balaban J connectivity index is 2.20. The summed E-state index contributed by atoms with van der Waals surface area (Å²) in [6.45, 7) is 3.58. The number of rotatable bonds is 4. The lowest BCUT2D eigenvalue weighted by atomic mass is 9.96. The molecule has 2 rings (SSSR count). The van der Waals surface area contributed by atoms with Crippen LogP contribution < -0.4 is 5.32 Å². The molecule has 6 heteroatoms. The number of nitrogens with one attached hydrogen (secondary N) is 1. The van der Waals surface area contributed by atoms with E-state index in [1.807, 2.05) is 6.07 Å². The first-order chi connectivity index (χ1) is 10.4. The van der Waals surface area contributed by atoms with Crippen LogP contribution in [0.3, 0.4) is 0 Å². The number of likely N-dealkylation sites (tertiary alicyclic amines) is 1. The van der Waals surface area contributed by atoms with Crippen molar-refractivity contribution < 1.29 is 19.5 Å². The third kappa shape index (κ3) is 2.95. The molecule has 1 aromatic carbocycles. The van der Waals surface area contributed by atoms with Gasteiger partial charge in [0, 0.05) is 12.1 Å². The van der Waals surface area contributed by atoms with Crippen LogP contribution in [0.1, 0.15) is 37.0 Å². The summed E-state index contributed by atoms with van der Waals surface area (Å²) in [5.74, 6) is -1.74. The van der Waals surface area contributed by atoms with Crippen molar-refractivity contribution in [3.63, 3.8) is 0 Å². The molecule has 118 valence electrons. The Morgan fingerprint density at radius 2 is 1.91 bits per heavy atom. The maximum absolute atomic E-state index is 12.6. The van der Waals surface area contributed by atoms with E-state index in [9.17, 15) is 14.4 Å². The minimum absolute atomic E-state index is 0.210. The van der Waals surface area contributed by atoms with Gasteiger partial charge in [-0.3, -0.25) is 14.4 Å². The van der Waals surface area contributed by atoms with Crippen LogP contribution in [-0.2, 0) is 9.59 Å². The van der Waals surface area contributed by atoms with Crippen molar-refractivity contribution in [3.05, 3.63) is 35.9 Å². The van der Waals surface area contributed by atoms with Crippen LogP contribution in [0.4, 0.5) is 0 Å². The highest BCUT2D eigenvalue weighted by atomic mass is 16.4. The molecule has 0 spiro atoms. The number of nitrogens with zero attached hydrogens (tertiary/aromatic N) is 1. The number of carboxylic acids is 1. The molecular formula is C16H20N2O4. The molecule has 2 amide bonds. The van der Waals surface area contributed by atoms with Crippen LogP contribution in [0.15, 0.2) is 30.3 Å². The highest BCUT2D eigenvalue weighted by molar-refractivity contribution is 6.00. The van der Waals surface area contributed by atoms with E-state index < -0.39 is 23.5 Å². The van der Waals surface area contributed by atoms with Gasteiger partial charge in [-0.2, -0.15) is 0 Å². The van der Waals surface area contributed by atoms with Crippen molar-refractivity contribution in [1.29, 1.82) is 0 Å². The van der Waals surface area contributed by atoms with Crippen LogP contribution in [0.5, 0.6) is 0 Å². The van der Waals surface area contributed by atoms with E-state index in [1.54, 1.807) is 31.2 Å². The van der Waals surface area contributed by atoms with E-state index in [-0.39, 0.29) is 5.91 Å². The molecule has 6 nitrogen and oxygen atoms in total. The molecule has 1 saturated heterocycles. The van der Waals surface area contributed by atoms with E-state index in [4.69, 9.17) is 5.11 Å². The molecule has 22 heavy (non-hydrogen) atoms. The van der Waals surface area contributed by atoms with E-state index in [1.165, 1.54) is 11.8 Å². The summed E-state index contributed by atoms with van der Waals surface area (Å²) in [4.78, 5) is 37.5. The SMILES string of the molecule is C[C@@H](NC(=O)C1(C)CCCN1C(=O)c1ccccc1)C(=O)O. The largest absolute Gasteiger partial charge is 0.480 e. The quantitative estimate of drug-likeness (QED) is 0.877. The Morgan fingerprint density at radius 3 is 2.50 bits per heavy atom. The van der Waals surface area contributed by atoms with Crippen molar-refractivity contribution in [1.82, 2.24) is 10.2 Å². The highest BCUT2D eigenvalue weighted by Gasteiger charge is 2.46. The Kier molecular flexibility index (Phi) is 4.49. The van der Waals surface area contributed by atoms with Gasteiger partial charge in [0.05, 0.1) is 0 Å². The van der Waals surface area contributed by atoms with Crippen LogP contribution >= 0.6 is 0 Å². The van der Waals surface area contributed by atoms with Crippen molar-refractivity contribution in [2.75, 3.05) is 6.54 Å². The molecule has 1 aromatic rings. The fraction of sp³-hybridized carbons (Fsp3) is 0.438. The maximum atomic E-state index is 12.6. The van der Waals surface area contributed by atoms with Crippen molar-refractivity contribution in [2.45, 2.75) is 38.3 Å². The lowest BCUT2D eigenvalue weighted by Crippen LogP contribution is -2.57. The van der Waals surface area contributed by atoms with Crippen LogP contribution in [-0.4, -0.2) is 45.9 Å². The van der Waals surface area contributed by atoms with Gasteiger partial charge in [0.15, 0.2) is 0 Å².